The van der Waals surface area contributed by atoms with Crippen molar-refractivity contribution in [1.29, 1.82) is 0 Å². The van der Waals surface area contributed by atoms with Crippen LogP contribution >= 0.6 is 0 Å². The molecule has 2 aromatic carbocycles. The van der Waals surface area contributed by atoms with Crippen LogP contribution in [0.3, 0.4) is 0 Å². The maximum Gasteiger partial charge on any atom is 0.246 e. The molecule has 1 heterocycles. The molecular formula is C20H24FN3O. The second-order valence-corrected chi connectivity index (χ2v) is 6.46. The van der Waals surface area contributed by atoms with Crippen molar-refractivity contribution in [3.63, 3.8) is 0 Å². The highest BCUT2D eigenvalue weighted by Crippen LogP contribution is 2.22. The molecule has 1 saturated heterocycles. The summed E-state index contributed by atoms with van der Waals surface area (Å²) in [5.41, 5.74) is 2.57. The maximum atomic E-state index is 13.2. The minimum atomic E-state index is -0.427. The van der Waals surface area contributed by atoms with Crippen molar-refractivity contribution in [1.82, 2.24) is 0 Å². The van der Waals surface area contributed by atoms with E-state index in [9.17, 15) is 9.18 Å². The minimum Gasteiger partial charge on any atom is -0.374 e. The summed E-state index contributed by atoms with van der Waals surface area (Å²) in [5, 5.41) is 5.90. The van der Waals surface area contributed by atoms with Gasteiger partial charge in [-0.2, -0.15) is 0 Å². The van der Waals surface area contributed by atoms with Crippen LogP contribution in [0.5, 0.6) is 0 Å². The summed E-state index contributed by atoms with van der Waals surface area (Å²) >= 11 is 0. The van der Waals surface area contributed by atoms with Gasteiger partial charge in [0.1, 0.15) is 11.9 Å². The van der Waals surface area contributed by atoms with Gasteiger partial charge in [-0.1, -0.05) is 6.07 Å². The molecule has 0 saturated carbocycles. The molecule has 1 fully saturated rings. The lowest BCUT2D eigenvalue weighted by molar-refractivity contribution is -0.116. The molecule has 2 aromatic rings. The van der Waals surface area contributed by atoms with Gasteiger partial charge >= 0.3 is 0 Å². The topological polar surface area (TPSA) is 44.4 Å². The summed E-state index contributed by atoms with van der Waals surface area (Å²) in [6.07, 6.45) is 3.81. The highest BCUT2D eigenvalue weighted by atomic mass is 19.1. The van der Waals surface area contributed by atoms with E-state index in [1.54, 1.807) is 19.1 Å². The van der Waals surface area contributed by atoms with Gasteiger partial charge in [0.25, 0.3) is 0 Å². The van der Waals surface area contributed by atoms with Gasteiger partial charge in [0.2, 0.25) is 5.91 Å². The van der Waals surface area contributed by atoms with E-state index in [0.717, 1.165) is 18.8 Å². The molecule has 132 valence electrons. The molecule has 0 aliphatic carbocycles. The fourth-order valence-corrected chi connectivity index (χ4v) is 3.05. The first-order valence-corrected chi connectivity index (χ1v) is 8.80. The second kappa shape index (κ2) is 8.01. The number of hydrogen-bond acceptors (Lipinski definition) is 3. The molecule has 5 heteroatoms. The Bertz CT molecular complexity index is 711. The molecule has 0 aromatic heterocycles. The number of halogens is 1. The van der Waals surface area contributed by atoms with Gasteiger partial charge in [0, 0.05) is 30.2 Å². The summed E-state index contributed by atoms with van der Waals surface area (Å²) in [7, 11) is 0. The Labute approximate surface area is 148 Å². The Morgan fingerprint density at radius 2 is 1.76 bits per heavy atom. The third-order valence-electron chi connectivity index (χ3n) is 4.46. The van der Waals surface area contributed by atoms with E-state index in [-0.39, 0.29) is 11.7 Å². The predicted molar refractivity (Wildman–Crippen MR) is 101 cm³/mol. The normalized spacial score (nSPS) is 15.5. The Morgan fingerprint density at radius 1 is 1.04 bits per heavy atom. The van der Waals surface area contributed by atoms with E-state index >= 15 is 0 Å². The first-order chi connectivity index (χ1) is 12.1. The second-order valence-electron chi connectivity index (χ2n) is 6.46. The Hall–Kier alpha value is -2.56. The standard InChI is InChI=1S/C20H24FN3O/c1-15(20(25)23-18-7-5-6-16(21)14-18)22-17-8-10-19(11-9-17)24-12-3-2-4-13-24/h5-11,14-15,22H,2-4,12-13H2,1H3,(H,23,25)/t15-/m1/s1. The zero-order valence-electron chi connectivity index (χ0n) is 14.5. The van der Waals surface area contributed by atoms with Gasteiger partial charge in [-0.05, 0) is 68.7 Å². The third-order valence-corrected chi connectivity index (χ3v) is 4.46. The van der Waals surface area contributed by atoms with E-state index in [1.165, 1.54) is 37.1 Å². The highest BCUT2D eigenvalue weighted by Gasteiger charge is 2.14. The maximum absolute atomic E-state index is 13.2. The lowest BCUT2D eigenvalue weighted by Gasteiger charge is -2.29. The summed E-state index contributed by atoms with van der Waals surface area (Å²) in [6.45, 7) is 4.01. The summed E-state index contributed by atoms with van der Waals surface area (Å²) < 4.78 is 13.2. The van der Waals surface area contributed by atoms with Crippen molar-refractivity contribution < 1.29 is 9.18 Å². The number of nitrogens with zero attached hydrogens (tertiary/aromatic N) is 1. The fourth-order valence-electron chi connectivity index (χ4n) is 3.05. The lowest BCUT2D eigenvalue weighted by Crippen LogP contribution is -2.32. The Morgan fingerprint density at radius 3 is 2.44 bits per heavy atom. The van der Waals surface area contributed by atoms with Crippen molar-refractivity contribution in [3.05, 3.63) is 54.3 Å². The predicted octanol–water partition coefficient (Wildman–Crippen LogP) is 4.26. The van der Waals surface area contributed by atoms with Crippen LogP contribution in [0, 0.1) is 5.82 Å². The average Bonchev–Trinajstić information content (AvgIpc) is 2.63. The van der Waals surface area contributed by atoms with Gasteiger partial charge in [-0.15, -0.1) is 0 Å². The van der Waals surface area contributed by atoms with Gasteiger partial charge in [-0.25, -0.2) is 4.39 Å². The smallest absolute Gasteiger partial charge is 0.246 e. The Balaban J connectivity index is 1.56. The molecule has 1 aliphatic rings. The number of piperidine rings is 1. The summed E-state index contributed by atoms with van der Waals surface area (Å²) in [4.78, 5) is 14.6. The fraction of sp³-hybridized carbons (Fsp3) is 0.350. The zero-order chi connectivity index (χ0) is 17.6. The number of anilines is 3. The molecule has 3 rings (SSSR count). The number of nitrogens with one attached hydrogen (secondary N) is 2. The van der Waals surface area contributed by atoms with E-state index in [1.807, 2.05) is 12.1 Å². The van der Waals surface area contributed by atoms with Gasteiger partial charge in [-0.3, -0.25) is 4.79 Å². The minimum absolute atomic E-state index is 0.203. The molecule has 2 N–H and O–H groups in total. The van der Waals surface area contributed by atoms with Crippen LogP contribution in [0.1, 0.15) is 26.2 Å². The molecule has 1 amide bonds. The summed E-state index contributed by atoms with van der Waals surface area (Å²) in [6, 6.07) is 13.6. The van der Waals surface area contributed by atoms with Crippen LogP contribution in [0.2, 0.25) is 0 Å². The number of hydrogen-bond donors (Lipinski definition) is 2. The highest BCUT2D eigenvalue weighted by molar-refractivity contribution is 5.96. The van der Waals surface area contributed by atoms with E-state index in [0.29, 0.717) is 5.69 Å². The van der Waals surface area contributed by atoms with Crippen molar-refractivity contribution in [2.45, 2.75) is 32.2 Å². The van der Waals surface area contributed by atoms with E-state index in [4.69, 9.17) is 0 Å². The third kappa shape index (κ3) is 4.72. The molecule has 1 aliphatic heterocycles. The first-order valence-electron chi connectivity index (χ1n) is 8.80. The molecule has 25 heavy (non-hydrogen) atoms. The zero-order valence-corrected chi connectivity index (χ0v) is 14.5. The molecule has 0 radical (unpaired) electrons. The van der Waals surface area contributed by atoms with Crippen molar-refractivity contribution >= 4 is 23.0 Å². The first kappa shape index (κ1) is 17.3. The monoisotopic (exact) mass is 341 g/mol. The molecular weight excluding hydrogens is 317 g/mol. The van der Waals surface area contributed by atoms with Crippen LogP contribution in [-0.4, -0.2) is 25.0 Å². The van der Waals surface area contributed by atoms with E-state index in [2.05, 4.69) is 27.7 Å². The number of amides is 1. The lowest BCUT2D eigenvalue weighted by atomic mass is 10.1. The molecule has 1 atom stereocenters. The van der Waals surface area contributed by atoms with Gasteiger partial charge < -0.3 is 15.5 Å². The summed E-state index contributed by atoms with van der Waals surface area (Å²) in [5.74, 6) is -0.572. The Kier molecular flexibility index (Phi) is 5.53. The van der Waals surface area contributed by atoms with Crippen molar-refractivity contribution in [2.75, 3.05) is 28.6 Å². The number of rotatable bonds is 5. The van der Waals surface area contributed by atoms with Crippen LogP contribution in [-0.2, 0) is 4.79 Å². The molecule has 0 unspecified atom stereocenters. The van der Waals surface area contributed by atoms with Crippen LogP contribution in [0.15, 0.2) is 48.5 Å². The van der Waals surface area contributed by atoms with Crippen molar-refractivity contribution in [2.24, 2.45) is 0 Å². The SMILES string of the molecule is C[C@@H](Nc1ccc(N2CCCCC2)cc1)C(=O)Nc1cccc(F)c1. The molecule has 0 bridgehead atoms. The van der Waals surface area contributed by atoms with Crippen molar-refractivity contribution in [3.8, 4) is 0 Å². The molecule has 4 nitrogen and oxygen atoms in total. The number of carbonyl (C=O) groups is 1. The van der Waals surface area contributed by atoms with Crippen LogP contribution in [0.4, 0.5) is 21.5 Å². The largest absolute Gasteiger partial charge is 0.374 e. The van der Waals surface area contributed by atoms with Crippen LogP contribution < -0.4 is 15.5 Å². The quantitative estimate of drug-likeness (QED) is 0.854. The van der Waals surface area contributed by atoms with E-state index < -0.39 is 6.04 Å². The van der Waals surface area contributed by atoms with Crippen LogP contribution in [0.25, 0.3) is 0 Å². The average molecular weight is 341 g/mol. The molecule has 0 spiro atoms. The number of benzene rings is 2. The number of carbonyl (C=O) groups excluding carboxylic acids is 1. The van der Waals surface area contributed by atoms with Gasteiger partial charge in [0.05, 0.1) is 0 Å². The van der Waals surface area contributed by atoms with Gasteiger partial charge in [0.15, 0.2) is 0 Å².